The fraction of sp³-hybridized carbons (Fsp3) is 0.0500. The van der Waals surface area contributed by atoms with Crippen molar-refractivity contribution < 1.29 is 9.21 Å². The van der Waals surface area contributed by atoms with E-state index in [1.54, 1.807) is 30.5 Å². The van der Waals surface area contributed by atoms with Crippen LogP contribution in [-0.2, 0) is 0 Å². The molecule has 2 heterocycles. The van der Waals surface area contributed by atoms with Crippen molar-refractivity contribution in [3.63, 3.8) is 0 Å². The number of oxazole rings is 1. The lowest BCUT2D eigenvalue weighted by Crippen LogP contribution is -2.12. The Morgan fingerprint density at radius 3 is 2.78 bits per heavy atom. The fourth-order valence-corrected chi connectivity index (χ4v) is 3.33. The summed E-state index contributed by atoms with van der Waals surface area (Å²) in [6, 6.07) is 12.7. The molecule has 1 amide bonds. The Labute approximate surface area is 168 Å². The number of aryl methyl sites for hydroxylation is 1. The summed E-state index contributed by atoms with van der Waals surface area (Å²) in [7, 11) is 0. The number of halogens is 2. The van der Waals surface area contributed by atoms with Gasteiger partial charge in [0.05, 0.1) is 16.1 Å². The van der Waals surface area contributed by atoms with Crippen molar-refractivity contribution >= 4 is 50.2 Å². The first kappa shape index (κ1) is 17.7. The van der Waals surface area contributed by atoms with Crippen molar-refractivity contribution in [3.05, 3.63) is 75.5 Å². The van der Waals surface area contributed by atoms with E-state index >= 15 is 0 Å². The number of rotatable bonds is 3. The molecule has 0 saturated heterocycles. The lowest BCUT2D eigenvalue weighted by molar-refractivity contribution is 0.102. The van der Waals surface area contributed by atoms with Crippen LogP contribution in [0.2, 0.25) is 5.02 Å². The number of aromatic nitrogens is 2. The molecule has 0 atom stereocenters. The topological polar surface area (TPSA) is 68.0 Å². The first-order valence-electron chi connectivity index (χ1n) is 8.08. The molecule has 7 heteroatoms. The minimum atomic E-state index is -0.256. The van der Waals surface area contributed by atoms with Gasteiger partial charge >= 0.3 is 0 Å². The van der Waals surface area contributed by atoms with Crippen molar-refractivity contribution in [2.75, 3.05) is 5.32 Å². The van der Waals surface area contributed by atoms with Gasteiger partial charge in [-0.05, 0) is 64.8 Å². The van der Waals surface area contributed by atoms with E-state index in [0.29, 0.717) is 33.3 Å². The van der Waals surface area contributed by atoms with Crippen LogP contribution >= 0.6 is 27.5 Å². The second-order valence-corrected chi connectivity index (χ2v) is 7.35. The third-order valence-electron chi connectivity index (χ3n) is 3.97. The molecule has 2 aromatic carbocycles. The highest BCUT2D eigenvalue weighted by molar-refractivity contribution is 9.10. The van der Waals surface area contributed by atoms with Gasteiger partial charge in [-0.2, -0.15) is 0 Å². The zero-order valence-corrected chi connectivity index (χ0v) is 16.5. The molecule has 0 unspecified atom stereocenters. The molecule has 0 aliphatic rings. The van der Waals surface area contributed by atoms with Crippen LogP contribution in [-0.4, -0.2) is 15.9 Å². The summed E-state index contributed by atoms with van der Waals surface area (Å²) in [6.07, 6.45) is 3.13. The Bertz CT molecular complexity index is 1170. The highest BCUT2D eigenvalue weighted by Crippen LogP contribution is 2.31. The molecular weight excluding hydrogens is 430 g/mol. The normalized spacial score (nSPS) is 10.9. The average Bonchev–Trinajstić information content (AvgIpc) is 3.04. The molecule has 0 spiro atoms. The standard InChI is InChI=1S/C20H13BrClN3O2/c1-11-2-4-15(16(22)6-11)20-25-17-8-14(3-5-18(17)27-20)24-19(26)12-7-13(21)10-23-9-12/h2-10H,1H3,(H,24,26). The molecule has 2 aromatic heterocycles. The molecule has 0 fully saturated rings. The van der Waals surface area contributed by atoms with Crippen LogP contribution in [0.1, 0.15) is 15.9 Å². The number of amides is 1. The zero-order valence-electron chi connectivity index (χ0n) is 14.2. The highest BCUT2D eigenvalue weighted by Gasteiger charge is 2.13. The minimum absolute atomic E-state index is 0.256. The molecule has 0 radical (unpaired) electrons. The quantitative estimate of drug-likeness (QED) is 0.431. The van der Waals surface area contributed by atoms with Gasteiger partial charge in [0, 0.05) is 22.6 Å². The largest absolute Gasteiger partial charge is 0.436 e. The van der Waals surface area contributed by atoms with Gasteiger partial charge in [-0.3, -0.25) is 9.78 Å². The van der Waals surface area contributed by atoms with Crippen LogP contribution in [0.3, 0.4) is 0 Å². The number of hydrogen-bond donors (Lipinski definition) is 1. The molecule has 0 bridgehead atoms. The summed E-state index contributed by atoms with van der Waals surface area (Å²) < 4.78 is 6.55. The molecule has 0 aliphatic carbocycles. The van der Waals surface area contributed by atoms with E-state index in [4.69, 9.17) is 16.0 Å². The number of fused-ring (bicyclic) bond motifs is 1. The Balaban J connectivity index is 1.64. The van der Waals surface area contributed by atoms with E-state index in [0.717, 1.165) is 15.6 Å². The van der Waals surface area contributed by atoms with Gasteiger partial charge in [0.25, 0.3) is 5.91 Å². The summed E-state index contributed by atoms with van der Waals surface area (Å²) in [6.45, 7) is 1.97. The number of benzene rings is 2. The first-order chi connectivity index (χ1) is 13.0. The maximum Gasteiger partial charge on any atom is 0.257 e. The number of nitrogens with zero attached hydrogens (tertiary/aromatic N) is 2. The van der Waals surface area contributed by atoms with Crippen molar-refractivity contribution in [1.82, 2.24) is 9.97 Å². The lowest BCUT2D eigenvalue weighted by atomic mass is 10.1. The molecule has 0 saturated carbocycles. The zero-order chi connectivity index (χ0) is 19.0. The Kier molecular flexibility index (Phi) is 4.68. The summed E-state index contributed by atoms with van der Waals surface area (Å²) in [5.41, 5.74) is 4.10. The van der Waals surface area contributed by atoms with Crippen LogP contribution in [0.4, 0.5) is 5.69 Å². The fourth-order valence-electron chi connectivity index (χ4n) is 2.65. The lowest BCUT2D eigenvalue weighted by Gasteiger charge is -2.04. The van der Waals surface area contributed by atoms with Gasteiger partial charge in [-0.15, -0.1) is 0 Å². The van der Waals surface area contributed by atoms with E-state index in [2.05, 4.69) is 31.2 Å². The van der Waals surface area contributed by atoms with Crippen molar-refractivity contribution in [2.24, 2.45) is 0 Å². The van der Waals surface area contributed by atoms with Crippen molar-refractivity contribution in [2.45, 2.75) is 6.92 Å². The van der Waals surface area contributed by atoms with E-state index in [1.807, 2.05) is 25.1 Å². The number of pyridine rings is 1. The summed E-state index contributed by atoms with van der Waals surface area (Å²) in [5.74, 6) is 0.183. The van der Waals surface area contributed by atoms with E-state index in [1.165, 1.54) is 6.20 Å². The SMILES string of the molecule is Cc1ccc(-c2nc3cc(NC(=O)c4cncc(Br)c4)ccc3o2)c(Cl)c1. The second kappa shape index (κ2) is 7.13. The van der Waals surface area contributed by atoms with Crippen LogP contribution < -0.4 is 5.32 Å². The number of hydrogen-bond acceptors (Lipinski definition) is 4. The molecule has 5 nitrogen and oxygen atoms in total. The summed E-state index contributed by atoms with van der Waals surface area (Å²) >= 11 is 9.61. The van der Waals surface area contributed by atoms with Crippen molar-refractivity contribution in [3.8, 4) is 11.5 Å². The summed E-state index contributed by atoms with van der Waals surface area (Å²) in [5, 5.41) is 3.42. The first-order valence-corrected chi connectivity index (χ1v) is 9.26. The minimum Gasteiger partial charge on any atom is -0.436 e. The summed E-state index contributed by atoms with van der Waals surface area (Å²) in [4.78, 5) is 20.9. The molecule has 134 valence electrons. The molecule has 1 N–H and O–H groups in total. The maximum absolute atomic E-state index is 12.4. The molecule has 0 aliphatic heterocycles. The maximum atomic E-state index is 12.4. The second-order valence-electron chi connectivity index (χ2n) is 6.03. The molecule has 4 rings (SSSR count). The highest BCUT2D eigenvalue weighted by atomic mass is 79.9. The Morgan fingerprint density at radius 2 is 2.00 bits per heavy atom. The van der Waals surface area contributed by atoms with Crippen LogP contribution in [0.15, 0.2) is 63.7 Å². The average molecular weight is 443 g/mol. The van der Waals surface area contributed by atoms with Gasteiger partial charge in [0.1, 0.15) is 5.52 Å². The number of nitrogens with one attached hydrogen (secondary N) is 1. The van der Waals surface area contributed by atoms with Crippen molar-refractivity contribution in [1.29, 1.82) is 0 Å². The van der Waals surface area contributed by atoms with Gasteiger partial charge in [0.15, 0.2) is 5.58 Å². The van der Waals surface area contributed by atoms with E-state index < -0.39 is 0 Å². The van der Waals surface area contributed by atoms with Gasteiger partial charge in [0.2, 0.25) is 5.89 Å². The Morgan fingerprint density at radius 1 is 1.15 bits per heavy atom. The predicted octanol–water partition coefficient (Wildman–Crippen LogP) is 5.87. The van der Waals surface area contributed by atoms with Crippen LogP contribution in [0.25, 0.3) is 22.6 Å². The van der Waals surface area contributed by atoms with Crippen LogP contribution in [0, 0.1) is 6.92 Å². The van der Waals surface area contributed by atoms with E-state index in [9.17, 15) is 4.79 Å². The molecular formula is C20H13BrClN3O2. The number of carbonyl (C=O) groups is 1. The van der Waals surface area contributed by atoms with Gasteiger partial charge < -0.3 is 9.73 Å². The third kappa shape index (κ3) is 3.72. The predicted molar refractivity (Wildman–Crippen MR) is 109 cm³/mol. The van der Waals surface area contributed by atoms with E-state index in [-0.39, 0.29) is 5.91 Å². The third-order valence-corrected chi connectivity index (χ3v) is 4.71. The number of carbonyl (C=O) groups excluding carboxylic acids is 1. The van der Waals surface area contributed by atoms with Crippen LogP contribution in [0.5, 0.6) is 0 Å². The molecule has 27 heavy (non-hydrogen) atoms. The molecule has 4 aromatic rings. The van der Waals surface area contributed by atoms with Gasteiger partial charge in [-0.25, -0.2) is 4.98 Å². The smallest absolute Gasteiger partial charge is 0.257 e. The Hall–Kier alpha value is -2.70. The number of anilines is 1. The monoisotopic (exact) mass is 441 g/mol. The van der Waals surface area contributed by atoms with Gasteiger partial charge in [-0.1, -0.05) is 17.7 Å².